The van der Waals surface area contributed by atoms with Crippen molar-refractivity contribution >= 4 is 33.5 Å². The molecule has 0 saturated heterocycles. The molecule has 25 heavy (non-hydrogen) atoms. The summed E-state index contributed by atoms with van der Waals surface area (Å²) in [4.78, 5) is 19.7. The average Bonchev–Trinajstić information content (AvgIpc) is 2.63. The van der Waals surface area contributed by atoms with Gasteiger partial charge in [0, 0.05) is 19.2 Å². The lowest BCUT2D eigenvalue weighted by Gasteiger charge is -2.09. The summed E-state index contributed by atoms with van der Waals surface area (Å²) < 4.78 is 5.99. The highest BCUT2D eigenvalue weighted by Crippen LogP contribution is 2.24. The normalized spacial score (nSPS) is 9.96. The van der Waals surface area contributed by atoms with Gasteiger partial charge in [0.25, 0.3) is 0 Å². The summed E-state index contributed by atoms with van der Waals surface area (Å²) in [5.74, 6) is 3.27. The van der Waals surface area contributed by atoms with Gasteiger partial charge in [0.05, 0.1) is 10.7 Å². The molecule has 130 valence electrons. The van der Waals surface area contributed by atoms with Crippen molar-refractivity contribution in [3.63, 3.8) is 0 Å². The van der Waals surface area contributed by atoms with Gasteiger partial charge in [-0.2, -0.15) is 4.98 Å². The molecule has 1 heterocycles. The van der Waals surface area contributed by atoms with E-state index in [1.165, 1.54) is 5.56 Å². The van der Waals surface area contributed by atoms with Crippen molar-refractivity contribution in [1.29, 1.82) is 0 Å². The summed E-state index contributed by atoms with van der Waals surface area (Å²) >= 11 is 3.32. The molecule has 0 aliphatic carbocycles. The molecule has 0 radical (unpaired) electrons. The van der Waals surface area contributed by atoms with Gasteiger partial charge in [0.1, 0.15) is 0 Å². The second kappa shape index (κ2) is 9.64. The fourth-order valence-corrected chi connectivity index (χ4v) is 2.39. The minimum absolute atomic E-state index is 0.0635. The molecule has 2 N–H and O–H groups in total. The van der Waals surface area contributed by atoms with E-state index in [4.69, 9.17) is 11.2 Å². The number of carbonyl (C=O) groups excluding carboxylic acids is 1. The molecule has 0 fully saturated rings. The Morgan fingerprint density at radius 2 is 2.12 bits per heavy atom. The van der Waals surface area contributed by atoms with Gasteiger partial charge in [-0.1, -0.05) is 18.1 Å². The molecular weight excluding hydrogens is 384 g/mol. The maximum Gasteiger partial charge on any atom is 0.233 e. The van der Waals surface area contributed by atoms with Crippen LogP contribution in [0.5, 0.6) is 5.88 Å². The van der Waals surface area contributed by atoms with Gasteiger partial charge in [0.2, 0.25) is 17.7 Å². The molecular formula is C18H19BrN4O2. The van der Waals surface area contributed by atoms with E-state index >= 15 is 0 Å². The van der Waals surface area contributed by atoms with E-state index in [0.29, 0.717) is 22.7 Å². The number of carbonyl (C=O) groups is 1. The van der Waals surface area contributed by atoms with Crippen LogP contribution in [0, 0.1) is 12.3 Å². The number of terminal acetylenes is 1. The number of aryl methyl sites for hydroxylation is 1. The zero-order chi connectivity index (χ0) is 18.1. The van der Waals surface area contributed by atoms with Crippen LogP contribution in [0.2, 0.25) is 0 Å². The first-order valence-electron chi connectivity index (χ1n) is 7.77. The highest BCUT2D eigenvalue weighted by Gasteiger charge is 2.06. The standard InChI is InChI=1S/C18H19BrN4O2/c1-3-11-25-17-15(19)12-21-18(23-17)22-14-9-7-13(8-10-14)5-4-6-16(24)20-2/h1,7-10,12H,4-6,11H2,2H3,(H,20,24)(H,21,22,23). The third kappa shape index (κ3) is 6.08. The minimum atomic E-state index is 0.0635. The second-order valence-corrected chi connectivity index (χ2v) is 6.04. The lowest BCUT2D eigenvalue weighted by molar-refractivity contribution is -0.120. The van der Waals surface area contributed by atoms with Gasteiger partial charge in [-0.3, -0.25) is 4.79 Å². The number of benzene rings is 1. The van der Waals surface area contributed by atoms with E-state index in [1.54, 1.807) is 13.2 Å². The maximum absolute atomic E-state index is 11.2. The summed E-state index contributed by atoms with van der Waals surface area (Å²) in [6, 6.07) is 7.92. The van der Waals surface area contributed by atoms with Gasteiger partial charge in [-0.05, 0) is 46.5 Å². The van der Waals surface area contributed by atoms with Crippen LogP contribution in [-0.4, -0.2) is 29.5 Å². The highest BCUT2D eigenvalue weighted by molar-refractivity contribution is 9.10. The van der Waals surface area contributed by atoms with Crippen LogP contribution in [0.4, 0.5) is 11.6 Å². The molecule has 0 bridgehead atoms. The molecule has 0 aliphatic rings. The SMILES string of the molecule is C#CCOc1nc(Nc2ccc(CCCC(=O)NC)cc2)ncc1Br. The molecule has 2 aromatic rings. The summed E-state index contributed by atoms with van der Waals surface area (Å²) in [6.07, 6.45) is 9.00. The summed E-state index contributed by atoms with van der Waals surface area (Å²) in [6.45, 7) is 0.139. The van der Waals surface area contributed by atoms with E-state index < -0.39 is 0 Å². The Morgan fingerprint density at radius 1 is 1.36 bits per heavy atom. The third-order valence-corrected chi connectivity index (χ3v) is 3.91. The van der Waals surface area contributed by atoms with Crippen molar-refractivity contribution in [3.05, 3.63) is 40.5 Å². The predicted molar refractivity (Wildman–Crippen MR) is 101 cm³/mol. The van der Waals surface area contributed by atoms with Crippen LogP contribution in [0.15, 0.2) is 34.9 Å². The number of hydrogen-bond acceptors (Lipinski definition) is 5. The van der Waals surface area contributed by atoms with Crippen LogP contribution < -0.4 is 15.4 Å². The van der Waals surface area contributed by atoms with Crippen molar-refractivity contribution in [2.45, 2.75) is 19.3 Å². The fraction of sp³-hybridized carbons (Fsp3) is 0.278. The van der Waals surface area contributed by atoms with Crippen LogP contribution in [0.25, 0.3) is 0 Å². The summed E-state index contributed by atoms with van der Waals surface area (Å²) in [7, 11) is 1.65. The molecule has 1 amide bonds. The zero-order valence-electron chi connectivity index (χ0n) is 13.9. The first-order chi connectivity index (χ1) is 12.1. The zero-order valence-corrected chi connectivity index (χ0v) is 15.5. The number of ether oxygens (including phenoxy) is 1. The number of aromatic nitrogens is 2. The summed E-state index contributed by atoms with van der Waals surface area (Å²) in [5, 5.41) is 5.74. The fourth-order valence-electron chi connectivity index (χ4n) is 2.08. The van der Waals surface area contributed by atoms with E-state index in [2.05, 4.69) is 42.5 Å². The molecule has 0 atom stereocenters. The first kappa shape index (κ1) is 18.7. The number of nitrogens with one attached hydrogen (secondary N) is 2. The molecule has 0 saturated carbocycles. The van der Waals surface area contributed by atoms with Crippen molar-refractivity contribution in [3.8, 4) is 18.2 Å². The topological polar surface area (TPSA) is 76.1 Å². The predicted octanol–water partition coefficient (Wildman–Crippen LogP) is 3.06. The van der Waals surface area contributed by atoms with Crippen molar-refractivity contribution < 1.29 is 9.53 Å². The Bertz CT molecular complexity index is 757. The Balaban J connectivity index is 1.94. The number of hydrogen-bond donors (Lipinski definition) is 2. The van der Waals surface area contributed by atoms with Crippen molar-refractivity contribution in [2.24, 2.45) is 0 Å². The Hall–Kier alpha value is -2.59. The lowest BCUT2D eigenvalue weighted by Crippen LogP contribution is -2.17. The van der Waals surface area contributed by atoms with Gasteiger partial charge in [0.15, 0.2) is 6.61 Å². The molecule has 0 aliphatic heterocycles. The maximum atomic E-state index is 11.2. The quantitative estimate of drug-likeness (QED) is 0.663. The first-order valence-corrected chi connectivity index (χ1v) is 8.57. The largest absolute Gasteiger partial charge is 0.464 e. The average molecular weight is 403 g/mol. The number of nitrogens with zero attached hydrogens (tertiary/aromatic N) is 2. The minimum Gasteiger partial charge on any atom is -0.464 e. The number of anilines is 2. The molecule has 1 aromatic carbocycles. The number of halogens is 1. The van der Waals surface area contributed by atoms with Gasteiger partial charge < -0.3 is 15.4 Å². The van der Waals surface area contributed by atoms with Crippen LogP contribution >= 0.6 is 15.9 Å². The molecule has 2 rings (SSSR count). The number of rotatable bonds is 8. The van der Waals surface area contributed by atoms with Crippen molar-refractivity contribution in [1.82, 2.24) is 15.3 Å². The Kier molecular flexibility index (Phi) is 7.23. The van der Waals surface area contributed by atoms with Gasteiger partial charge in [-0.15, -0.1) is 6.42 Å². The molecule has 6 nitrogen and oxygen atoms in total. The Labute approximate surface area is 155 Å². The van der Waals surface area contributed by atoms with E-state index in [-0.39, 0.29) is 12.5 Å². The molecule has 0 spiro atoms. The van der Waals surface area contributed by atoms with Crippen LogP contribution in [0.1, 0.15) is 18.4 Å². The van der Waals surface area contributed by atoms with E-state index in [9.17, 15) is 4.79 Å². The Morgan fingerprint density at radius 3 is 2.80 bits per heavy atom. The number of amides is 1. The van der Waals surface area contributed by atoms with Gasteiger partial charge >= 0.3 is 0 Å². The molecule has 7 heteroatoms. The van der Waals surface area contributed by atoms with E-state index in [0.717, 1.165) is 18.5 Å². The monoisotopic (exact) mass is 402 g/mol. The second-order valence-electron chi connectivity index (χ2n) is 5.19. The van der Waals surface area contributed by atoms with Crippen LogP contribution in [-0.2, 0) is 11.2 Å². The molecule has 1 aromatic heterocycles. The van der Waals surface area contributed by atoms with Gasteiger partial charge in [-0.25, -0.2) is 4.98 Å². The lowest BCUT2D eigenvalue weighted by atomic mass is 10.1. The third-order valence-electron chi connectivity index (χ3n) is 3.36. The van der Waals surface area contributed by atoms with E-state index in [1.807, 2.05) is 24.3 Å². The van der Waals surface area contributed by atoms with Crippen LogP contribution in [0.3, 0.4) is 0 Å². The van der Waals surface area contributed by atoms with Crippen molar-refractivity contribution in [2.75, 3.05) is 19.0 Å². The highest BCUT2D eigenvalue weighted by atomic mass is 79.9. The smallest absolute Gasteiger partial charge is 0.233 e. The summed E-state index contributed by atoms with van der Waals surface area (Å²) in [5.41, 5.74) is 2.03. The molecule has 0 unspecified atom stereocenters.